The number of amides is 1. The van der Waals surface area contributed by atoms with Gasteiger partial charge in [-0.25, -0.2) is 4.79 Å². The highest BCUT2D eigenvalue weighted by molar-refractivity contribution is 5.93. The molecule has 0 fully saturated rings. The number of carboxylic acids is 1. The Hall–Kier alpha value is -3.16. The molecule has 1 heterocycles. The molecule has 8 nitrogen and oxygen atoms in total. The molecule has 0 saturated carbocycles. The maximum absolute atomic E-state index is 12.0. The minimum atomic E-state index is -1.24. The summed E-state index contributed by atoms with van der Waals surface area (Å²) in [5, 5.41) is 11.4. The van der Waals surface area contributed by atoms with Crippen molar-refractivity contribution in [2.45, 2.75) is 6.54 Å². The van der Waals surface area contributed by atoms with Gasteiger partial charge in [0.05, 0.1) is 21.3 Å². The molecule has 8 heteroatoms. The first-order chi connectivity index (χ1) is 11.5. The van der Waals surface area contributed by atoms with Gasteiger partial charge in [-0.15, -0.1) is 0 Å². The van der Waals surface area contributed by atoms with E-state index in [2.05, 4.69) is 5.32 Å². The highest BCUT2D eigenvalue weighted by Crippen LogP contribution is 2.38. The number of hydrogen-bond donors (Lipinski definition) is 2. The van der Waals surface area contributed by atoms with Crippen molar-refractivity contribution in [3.8, 4) is 17.2 Å². The second-order valence-electron chi connectivity index (χ2n) is 4.69. The first-order valence-corrected chi connectivity index (χ1v) is 6.90. The Morgan fingerprint density at radius 2 is 1.62 bits per heavy atom. The van der Waals surface area contributed by atoms with Crippen molar-refractivity contribution in [1.82, 2.24) is 5.32 Å². The average molecular weight is 335 g/mol. The maximum Gasteiger partial charge on any atom is 0.371 e. The summed E-state index contributed by atoms with van der Waals surface area (Å²) < 4.78 is 20.6. The van der Waals surface area contributed by atoms with Gasteiger partial charge < -0.3 is 29.1 Å². The predicted molar refractivity (Wildman–Crippen MR) is 82.9 cm³/mol. The predicted octanol–water partition coefficient (Wildman–Crippen LogP) is 1.93. The fraction of sp³-hybridized carbons (Fsp3) is 0.250. The largest absolute Gasteiger partial charge is 0.493 e. The molecule has 0 aliphatic carbocycles. The summed E-state index contributed by atoms with van der Waals surface area (Å²) in [6.07, 6.45) is 0. The zero-order chi connectivity index (χ0) is 17.7. The molecule has 24 heavy (non-hydrogen) atoms. The quantitative estimate of drug-likeness (QED) is 0.796. The summed E-state index contributed by atoms with van der Waals surface area (Å²) in [6.45, 7) is 0.165. The van der Waals surface area contributed by atoms with E-state index in [1.165, 1.54) is 33.5 Å². The zero-order valence-electron chi connectivity index (χ0n) is 13.4. The third-order valence-electron chi connectivity index (χ3n) is 3.22. The molecule has 128 valence electrons. The number of methoxy groups -OCH3 is 3. The minimum Gasteiger partial charge on any atom is -0.493 e. The highest BCUT2D eigenvalue weighted by Gasteiger charge is 2.16. The number of carbonyl (C=O) groups is 2. The fourth-order valence-electron chi connectivity index (χ4n) is 2.08. The lowest BCUT2D eigenvalue weighted by Gasteiger charge is -2.14. The van der Waals surface area contributed by atoms with Crippen LogP contribution in [0.1, 0.15) is 26.7 Å². The molecule has 0 bridgehead atoms. The van der Waals surface area contributed by atoms with Crippen molar-refractivity contribution in [2.75, 3.05) is 21.3 Å². The van der Waals surface area contributed by atoms with Crippen molar-refractivity contribution < 1.29 is 33.3 Å². The Balaban J connectivity index is 2.13. The molecule has 0 unspecified atom stereocenters. The van der Waals surface area contributed by atoms with E-state index in [1.54, 1.807) is 12.1 Å². The molecule has 1 amide bonds. The van der Waals surface area contributed by atoms with Crippen molar-refractivity contribution in [3.63, 3.8) is 0 Å². The van der Waals surface area contributed by atoms with Gasteiger partial charge in [0.2, 0.25) is 11.5 Å². The number of rotatable bonds is 7. The third-order valence-corrected chi connectivity index (χ3v) is 3.22. The Labute approximate surface area is 137 Å². The van der Waals surface area contributed by atoms with Crippen molar-refractivity contribution >= 4 is 11.9 Å². The lowest BCUT2D eigenvalue weighted by atomic mass is 10.1. The number of aromatic carboxylic acids is 1. The molecule has 0 spiro atoms. The molecule has 0 aliphatic heterocycles. The standard InChI is InChI=1S/C16H17NO7/c1-21-12-6-9(7-13(22-2)14(12)23-3)8-17-15(18)10-4-5-11(24-10)16(19)20/h4-7H,8H2,1-3H3,(H,17,18)(H,19,20). The molecule has 0 radical (unpaired) electrons. The van der Waals surface area contributed by atoms with Gasteiger partial charge in [0.15, 0.2) is 17.3 Å². The first kappa shape index (κ1) is 17.2. The molecule has 0 atom stereocenters. The monoisotopic (exact) mass is 335 g/mol. The van der Waals surface area contributed by atoms with Crippen molar-refractivity contribution in [1.29, 1.82) is 0 Å². The summed E-state index contributed by atoms with van der Waals surface area (Å²) in [5.74, 6) is -0.769. The number of carbonyl (C=O) groups excluding carboxylic acids is 1. The van der Waals surface area contributed by atoms with Crippen LogP contribution in [-0.2, 0) is 6.54 Å². The van der Waals surface area contributed by atoms with E-state index in [4.69, 9.17) is 23.7 Å². The van der Waals surface area contributed by atoms with E-state index < -0.39 is 11.9 Å². The van der Waals surface area contributed by atoms with Crippen molar-refractivity contribution in [2.24, 2.45) is 0 Å². The highest BCUT2D eigenvalue weighted by atomic mass is 16.5. The van der Waals surface area contributed by atoms with Crippen LogP contribution in [0, 0.1) is 0 Å². The summed E-state index contributed by atoms with van der Waals surface area (Å²) in [4.78, 5) is 22.8. The number of nitrogens with one attached hydrogen (secondary N) is 1. The molecule has 0 aliphatic rings. The smallest absolute Gasteiger partial charge is 0.371 e. The van der Waals surface area contributed by atoms with Gasteiger partial charge >= 0.3 is 5.97 Å². The van der Waals surface area contributed by atoms with Crippen LogP contribution in [0.5, 0.6) is 17.2 Å². The number of ether oxygens (including phenoxy) is 3. The summed E-state index contributed by atoms with van der Waals surface area (Å²) in [5.41, 5.74) is 0.711. The van der Waals surface area contributed by atoms with E-state index in [-0.39, 0.29) is 18.1 Å². The van der Waals surface area contributed by atoms with Crippen LogP contribution < -0.4 is 19.5 Å². The summed E-state index contributed by atoms with van der Waals surface area (Å²) >= 11 is 0. The molecule has 2 aromatic rings. The number of furan rings is 1. The minimum absolute atomic E-state index is 0.0835. The van der Waals surface area contributed by atoms with E-state index in [0.29, 0.717) is 22.8 Å². The van der Waals surface area contributed by atoms with Crippen LogP contribution in [0.4, 0.5) is 0 Å². The van der Waals surface area contributed by atoms with E-state index >= 15 is 0 Å². The van der Waals surface area contributed by atoms with Gasteiger partial charge in [-0.2, -0.15) is 0 Å². The second kappa shape index (κ2) is 7.40. The van der Waals surface area contributed by atoms with E-state index in [9.17, 15) is 9.59 Å². The zero-order valence-corrected chi connectivity index (χ0v) is 13.4. The SMILES string of the molecule is COc1cc(CNC(=O)c2ccc(C(=O)O)o2)cc(OC)c1OC. The number of carboxylic acid groups (broad SMARTS) is 1. The van der Waals surface area contributed by atoms with Crippen molar-refractivity contribution in [3.05, 3.63) is 41.3 Å². The molecule has 2 N–H and O–H groups in total. The Morgan fingerprint density at radius 1 is 1.04 bits per heavy atom. The van der Waals surface area contributed by atoms with Crippen LogP contribution in [0.25, 0.3) is 0 Å². The second-order valence-corrected chi connectivity index (χ2v) is 4.69. The van der Waals surface area contributed by atoms with Gasteiger partial charge in [0, 0.05) is 6.54 Å². The van der Waals surface area contributed by atoms with Crippen LogP contribution in [0.2, 0.25) is 0 Å². The van der Waals surface area contributed by atoms with Gasteiger partial charge in [0.25, 0.3) is 5.91 Å². The normalized spacial score (nSPS) is 10.1. The summed E-state index contributed by atoms with van der Waals surface area (Å²) in [6, 6.07) is 5.92. The van der Waals surface area contributed by atoms with Gasteiger partial charge in [0.1, 0.15) is 0 Å². The van der Waals surface area contributed by atoms with E-state index in [0.717, 1.165) is 0 Å². The van der Waals surface area contributed by atoms with Gasteiger partial charge in [-0.1, -0.05) is 0 Å². The fourth-order valence-corrected chi connectivity index (χ4v) is 2.08. The Bertz CT molecular complexity index is 726. The molecule has 1 aromatic carbocycles. The number of benzene rings is 1. The van der Waals surface area contributed by atoms with Crippen LogP contribution in [0.3, 0.4) is 0 Å². The van der Waals surface area contributed by atoms with E-state index in [1.807, 2.05) is 0 Å². The molecule has 2 rings (SSSR count). The molecular weight excluding hydrogens is 318 g/mol. The van der Waals surface area contributed by atoms with Gasteiger partial charge in [-0.05, 0) is 29.8 Å². The van der Waals surface area contributed by atoms with Crippen LogP contribution in [-0.4, -0.2) is 38.3 Å². The van der Waals surface area contributed by atoms with Crippen LogP contribution in [0.15, 0.2) is 28.7 Å². The van der Waals surface area contributed by atoms with Crippen LogP contribution >= 0.6 is 0 Å². The third kappa shape index (κ3) is 3.60. The topological polar surface area (TPSA) is 107 Å². The molecule has 1 aromatic heterocycles. The number of hydrogen-bond acceptors (Lipinski definition) is 6. The Kier molecular flexibility index (Phi) is 5.31. The lowest BCUT2D eigenvalue weighted by Crippen LogP contribution is -2.22. The summed E-state index contributed by atoms with van der Waals surface area (Å²) in [7, 11) is 4.49. The van der Waals surface area contributed by atoms with Gasteiger partial charge in [-0.3, -0.25) is 4.79 Å². The maximum atomic E-state index is 12.0. The molecule has 0 saturated heterocycles. The first-order valence-electron chi connectivity index (χ1n) is 6.90. The average Bonchev–Trinajstić information content (AvgIpc) is 3.09. The molecular formula is C16H17NO7. The Morgan fingerprint density at radius 3 is 2.08 bits per heavy atom. The lowest BCUT2D eigenvalue weighted by molar-refractivity contribution is 0.0659.